The molecule has 0 saturated carbocycles. The zero-order chi connectivity index (χ0) is 15.5. The van der Waals surface area contributed by atoms with Crippen LogP contribution in [0.4, 0.5) is 5.69 Å². The number of nitro groups is 1. The maximum Gasteiger partial charge on any atom is 0.243 e. The SMILES string of the molecule is O=[N+]([O-])CC1=Nc2ccc(Cl)cc2C(c2ccccc2)=NC1. The third-order valence-corrected chi connectivity index (χ3v) is 3.51. The van der Waals surface area contributed by atoms with Crippen molar-refractivity contribution < 1.29 is 4.92 Å². The molecule has 0 aromatic heterocycles. The number of hydrogen-bond acceptors (Lipinski definition) is 4. The van der Waals surface area contributed by atoms with Crippen molar-refractivity contribution in [2.24, 2.45) is 9.98 Å². The van der Waals surface area contributed by atoms with E-state index in [-0.39, 0.29) is 13.1 Å². The monoisotopic (exact) mass is 313 g/mol. The highest BCUT2D eigenvalue weighted by Gasteiger charge is 2.18. The summed E-state index contributed by atoms with van der Waals surface area (Å²) >= 11 is 6.09. The van der Waals surface area contributed by atoms with Gasteiger partial charge in [-0.3, -0.25) is 15.1 Å². The highest BCUT2D eigenvalue weighted by atomic mass is 35.5. The average Bonchev–Trinajstić information content (AvgIpc) is 2.66. The number of fused-ring (bicyclic) bond motifs is 1. The van der Waals surface area contributed by atoms with Crippen molar-refractivity contribution in [1.29, 1.82) is 0 Å². The third kappa shape index (κ3) is 3.04. The summed E-state index contributed by atoms with van der Waals surface area (Å²) in [6.07, 6.45) is 0. The number of nitrogens with zero attached hydrogens (tertiary/aromatic N) is 3. The van der Waals surface area contributed by atoms with Gasteiger partial charge >= 0.3 is 0 Å². The van der Waals surface area contributed by atoms with E-state index in [4.69, 9.17) is 11.6 Å². The number of rotatable bonds is 3. The van der Waals surface area contributed by atoms with Gasteiger partial charge in [-0.1, -0.05) is 41.9 Å². The Morgan fingerprint density at radius 2 is 1.95 bits per heavy atom. The van der Waals surface area contributed by atoms with Crippen LogP contribution in [-0.2, 0) is 0 Å². The van der Waals surface area contributed by atoms with E-state index in [9.17, 15) is 10.1 Å². The first-order valence-electron chi connectivity index (χ1n) is 6.71. The largest absolute Gasteiger partial charge is 0.278 e. The summed E-state index contributed by atoms with van der Waals surface area (Å²) in [5, 5.41) is 11.3. The molecule has 110 valence electrons. The summed E-state index contributed by atoms with van der Waals surface area (Å²) < 4.78 is 0. The zero-order valence-corrected chi connectivity index (χ0v) is 12.3. The topological polar surface area (TPSA) is 67.9 Å². The Kier molecular flexibility index (Phi) is 3.98. The Bertz CT molecular complexity index is 785. The van der Waals surface area contributed by atoms with Gasteiger partial charge in [-0.15, -0.1) is 0 Å². The van der Waals surface area contributed by atoms with Crippen LogP contribution in [0.25, 0.3) is 0 Å². The average molecular weight is 314 g/mol. The molecule has 2 aromatic rings. The lowest BCUT2D eigenvalue weighted by molar-refractivity contribution is -0.463. The molecule has 22 heavy (non-hydrogen) atoms. The number of halogens is 1. The van der Waals surface area contributed by atoms with Crippen LogP contribution in [0.15, 0.2) is 58.5 Å². The van der Waals surface area contributed by atoms with Gasteiger partial charge < -0.3 is 0 Å². The lowest BCUT2D eigenvalue weighted by Crippen LogP contribution is -2.16. The van der Waals surface area contributed by atoms with Crippen LogP contribution in [0, 0.1) is 10.1 Å². The molecule has 1 heterocycles. The summed E-state index contributed by atoms with van der Waals surface area (Å²) in [4.78, 5) is 19.3. The molecule has 2 aromatic carbocycles. The Morgan fingerprint density at radius 3 is 2.68 bits per heavy atom. The Morgan fingerprint density at radius 1 is 1.18 bits per heavy atom. The molecule has 5 nitrogen and oxygen atoms in total. The van der Waals surface area contributed by atoms with E-state index >= 15 is 0 Å². The van der Waals surface area contributed by atoms with Crippen LogP contribution in [0.3, 0.4) is 0 Å². The zero-order valence-electron chi connectivity index (χ0n) is 11.6. The highest BCUT2D eigenvalue weighted by molar-refractivity contribution is 6.31. The van der Waals surface area contributed by atoms with Gasteiger partial charge in [-0.05, 0) is 18.2 Å². The molecule has 0 unspecified atom stereocenters. The fourth-order valence-electron chi connectivity index (χ4n) is 2.33. The van der Waals surface area contributed by atoms with Gasteiger partial charge in [-0.2, -0.15) is 0 Å². The number of hydrogen-bond donors (Lipinski definition) is 0. The van der Waals surface area contributed by atoms with E-state index in [1.807, 2.05) is 30.3 Å². The van der Waals surface area contributed by atoms with Crippen LogP contribution in [-0.4, -0.2) is 29.4 Å². The molecule has 1 aliphatic heterocycles. The minimum atomic E-state index is -0.391. The summed E-state index contributed by atoms with van der Waals surface area (Å²) in [5.74, 6) is 0. The minimum Gasteiger partial charge on any atom is -0.278 e. The smallest absolute Gasteiger partial charge is 0.243 e. The van der Waals surface area contributed by atoms with E-state index in [1.165, 1.54) is 0 Å². The van der Waals surface area contributed by atoms with Crippen molar-refractivity contribution in [2.45, 2.75) is 0 Å². The minimum absolute atomic E-state index is 0.206. The van der Waals surface area contributed by atoms with Crippen LogP contribution < -0.4 is 0 Å². The Labute approximate surface area is 132 Å². The number of benzene rings is 2. The molecule has 0 radical (unpaired) electrons. The van der Waals surface area contributed by atoms with Crippen molar-refractivity contribution in [3.8, 4) is 0 Å². The third-order valence-electron chi connectivity index (χ3n) is 3.27. The van der Waals surface area contributed by atoms with Crippen molar-refractivity contribution in [3.63, 3.8) is 0 Å². The number of aliphatic imine (C=N–C) groups is 2. The van der Waals surface area contributed by atoms with Crippen LogP contribution in [0.5, 0.6) is 0 Å². The van der Waals surface area contributed by atoms with Gasteiger partial charge in [0.05, 0.1) is 17.9 Å². The Balaban J connectivity index is 2.13. The molecule has 0 spiro atoms. The van der Waals surface area contributed by atoms with Crippen molar-refractivity contribution in [3.05, 3.63) is 74.8 Å². The molecule has 0 saturated heterocycles. The molecular formula is C16H12ClN3O2. The second-order valence-corrected chi connectivity index (χ2v) is 5.30. The van der Waals surface area contributed by atoms with Crippen molar-refractivity contribution in [2.75, 3.05) is 13.1 Å². The second kappa shape index (κ2) is 6.07. The molecule has 0 N–H and O–H groups in total. The van der Waals surface area contributed by atoms with Crippen molar-refractivity contribution in [1.82, 2.24) is 0 Å². The maximum atomic E-state index is 10.8. The van der Waals surface area contributed by atoms with E-state index in [0.717, 1.165) is 16.8 Å². The van der Waals surface area contributed by atoms with Crippen LogP contribution in [0.1, 0.15) is 11.1 Å². The predicted molar refractivity (Wildman–Crippen MR) is 87.4 cm³/mol. The summed E-state index contributed by atoms with van der Waals surface area (Å²) in [7, 11) is 0. The van der Waals surface area contributed by atoms with E-state index in [0.29, 0.717) is 16.4 Å². The lowest BCUT2D eigenvalue weighted by Gasteiger charge is -2.08. The van der Waals surface area contributed by atoms with Gasteiger partial charge in [0.15, 0.2) is 0 Å². The maximum absolute atomic E-state index is 10.8. The van der Waals surface area contributed by atoms with E-state index in [2.05, 4.69) is 9.98 Å². The first-order valence-corrected chi connectivity index (χ1v) is 7.09. The summed E-state index contributed by atoms with van der Waals surface area (Å²) in [5.41, 5.74) is 3.56. The molecule has 6 heteroatoms. The van der Waals surface area contributed by atoms with Gasteiger partial charge in [0, 0.05) is 21.1 Å². The second-order valence-electron chi connectivity index (χ2n) is 4.86. The van der Waals surface area contributed by atoms with Crippen LogP contribution >= 0.6 is 11.6 Å². The molecule has 0 fully saturated rings. The molecular weight excluding hydrogens is 302 g/mol. The van der Waals surface area contributed by atoms with Crippen LogP contribution in [0.2, 0.25) is 5.02 Å². The molecule has 0 amide bonds. The fourth-order valence-corrected chi connectivity index (χ4v) is 2.51. The highest BCUT2D eigenvalue weighted by Crippen LogP contribution is 2.28. The molecule has 0 atom stereocenters. The predicted octanol–water partition coefficient (Wildman–Crippen LogP) is 3.54. The fraction of sp³-hybridized carbons (Fsp3) is 0.125. The lowest BCUT2D eigenvalue weighted by atomic mass is 10.0. The first-order chi connectivity index (χ1) is 10.6. The standard InChI is InChI=1S/C16H12ClN3O2/c17-12-6-7-15-14(8-12)16(11-4-2-1-3-5-11)18-9-13(19-15)10-20(21)22/h1-8H,9-10H2. The molecule has 1 aliphatic rings. The summed E-state index contributed by atoms with van der Waals surface area (Å²) in [6, 6.07) is 14.9. The molecule has 3 rings (SSSR count). The van der Waals surface area contributed by atoms with E-state index < -0.39 is 4.92 Å². The van der Waals surface area contributed by atoms with Gasteiger partial charge in [0.1, 0.15) is 5.71 Å². The Hall–Kier alpha value is -2.53. The van der Waals surface area contributed by atoms with E-state index in [1.54, 1.807) is 18.2 Å². The van der Waals surface area contributed by atoms with Gasteiger partial charge in [0.25, 0.3) is 0 Å². The van der Waals surface area contributed by atoms with Gasteiger partial charge in [-0.25, -0.2) is 4.99 Å². The molecule has 0 bridgehead atoms. The first kappa shape index (κ1) is 14.4. The quantitative estimate of drug-likeness (QED) is 0.642. The summed E-state index contributed by atoms with van der Waals surface area (Å²) in [6.45, 7) is -0.106. The van der Waals surface area contributed by atoms with Gasteiger partial charge in [0.2, 0.25) is 6.54 Å². The molecule has 0 aliphatic carbocycles. The van der Waals surface area contributed by atoms with Crippen molar-refractivity contribution >= 4 is 28.7 Å². The normalized spacial score (nSPS) is 13.7.